The van der Waals surface area contributed by atoms with E-state index < -0.39 is 0 Å². The van der Waals surface area contributed by atoms with Crippen molar-refractivity contribution >= 4 is 29.9 Å². The number of nitrogens with zero attached hydrogens (tertiary/aromatic N) is 3. The first kappa shape index (κ1) is 23.3. The summed E-state index contributed by atoms with van der Waals surface area (Å²) in [7, 11) is 0. The number of hydrogen-bond acceptors (Lipinski definition) is 4. The topological polar surface area (TPSA) is 76.6 Å². The highest BCUT2D eigenvalue weighted by molar-refractivity contribution is 14.0. The van der Waals surface area contributed by atoms with Gasteiger partial charge in [-0.15, -0.1) is 24.0 Å². The van der Waals surface area contributed by atoms with Gasteiger partial charge in [0, 0.05) is 32.3 Å². The van der Waals surface area contributed by atoms with Crippen LogP contribution in [0.2, 0.25) is 0 Å². The molecule has 1 aliphatic heterocycles. The van der Waals surface area contributed by atoms with Crippen molar-refractivity contribution in [1.82, 2.24) is 20.4 Å². The Morgan fingerprint density at radius 2 is 2.06 bits per heavy atom. The number of aliphatic imine (C=N–C) groups is 1. The molecule has 2 aromatic heterocycles. The molecule has 4 rings (SSSR count). The zero-order valence-electron chi connectivity index (χ0n) is 17.2. The number of guanidine groups is 1. The summed E-state index contributed by atoms with van der Waals surface area (Å²) in [6, 6.07) is 12.0. The Hall–Kier alpha value is -2.40. The minimum absolute atomic E-state index is 0. The van der Waals surface area contributed by atoms with Crippen molar-refractivity contribution in [3.05, 3.63) is 72.2 Å². The van der Waals surface area contributed by atoms with E-state index in [1.165, 1.54) is 12.1 Å². The predicted molar refractivity (Wildman–Crippen MR) is 127 cm³/mol. The summed E-state index contributed by atoms with van der Waals surface area (Å²) in [5, 5.41) is 11.2. The Morgan fingerprint density at radius 3 is 2.81 bits per heavy atom. The molecule has 0 amide bonds. The van der Waals surface area contributed by atoms with Crippen LogP contribution in [0.3, 0.4) is 0 Å². The number of benzene rings is 1. The average molecular weight is 539 g/mol. The minimum atomic E-state index is -0.265. The first-order chi connectivity index (χ1) is 14.8. The van der Waals surface area contributed by atoms with E-state index >= 15 is 0 Å². The number of nitrogens with one attached hydrogen (secondary N) is 2. The van der Waals surface area contributed by atoms with Crippen LogP contribution in [0.4, 0.5) is 4.39 Å². The molecule has 0 spiro atoms. The van der Waals surface area contributed by atoms with E-state index in [-0.39, 0.29) is 35.9 Å². The number of hydrogen-bond donors (Lipinski definition) is 2. The summed E-state index contributed by atoms with van der Waals surface area (Å²) in [5.41, 5.74) is 1.63. The van der Waals surface area contributed by atoms with Crippen LogP contribution in [-0.4, -0.2) is 41.5 Å². The molecule has 9 heteroatoms. The first-order valence-electron chi connectivity index (χ1n) is 10.2. The number of aromatic nitrogens is 2. The van der Waals surface area contributed by atoms with E-state index in [0.717, 1.165) is 49.6 Å². The summed E-state index contributed by atoms with van der Waals surface area (Å²) in [4.78, 5) is 4.67. The second kappa shape index (κ2) is 11.8. The zero-order chi connectivity index (χ0) is 20.6. The van der Waals surface area contributed by atoms with Crippen LogP contribution in [0, 0.1) is 5.82 Å². The van der Waals surface area contributed by atoms with Crippen LogP contribution >= 0.6 is 24.0 Å². The maximum absolute atomic E-state index is 13.1. The molecule has 0 aliphatic carbocycles. The average Bonchev–Trinajstić information content (AvgIpc) is 3.53. The van der Waals surface area contributed by atoms with Crippen LogP contribution in [0.5, 0.6) is 0 Å². The molecule has 166 valence electrons. The van der Waals surface area contributed by atoms with Crippen molar-refractivity contribution in [2.24, 2.45) is 4.99 Å². The SMILES string of the molecule is Fc1ccc(-n2ccc(CN=C(NCCc3ccco3)NCC3CCCO3)n2)cc1.I. The lowest BCUT2D eigenvalue weighted by atomic mass is 10.2. The largest absolute Gasteiger partial charge is 0.469 e. The molecule has 0 saturated carbocycles. The smallest absolute Gasteiger partial charge is 0.191 e. The van der Waals surface area contributed by atoms with E-state index in [2.05, 4.69) is 20.7 Å². The predicted octanol–water partition coefficient (Wildman–Crippen LogP) is 3.68. The molecule has 7 nitrogen and oxygen atoms in total. The lowest BCUT2D eigenvalue weighted by molar-refractivity contribution is 0.114. The maximum Gasteiger partial charge on any atom is 0.191 e. The molecule has 0 bridgehead atoms. The lowest BCUT2D eigenvalue weighted by Crippen LogP contribution is -2.41. The second-order valence-electron chi connectivity index (χ2n) is 7.16. The van der Waals surface area contributed by atoms with Gasteiger partial charge in [-0.1, -0.05) is 0 Å². The maximum atomic E-state index is 13.1. The molecule has 1 aliphatic rings. The van der Waals surface area contributed by atoms with Crippen LogP contribution in [0.1, 0.15) is 24.3 Å². The first-order valence-corrected chi connectivity index (χ1v) is 10.2. The van der Waals surface area contributed by atoms with Gasteiger partial charge in [0.25, 0.3) is 0 Å². The highest BCUT2D eigenvalue weighted by atomic mass is 127. The molecule has 1 saturated heterocycles. The monoisotopic (exact) mass is 539 g/mol. The van der Waals surface area contributed by atoms with E-state index in [1.54, 1.807) is 23.1 Å². The fourth-order valence-corrected chi connectivity index (χ4v) is 3.29. The Kier molecular flexibility index (Phi) is 8.89. The van der Waals surface area contributed by atoms with Gasteiger partial charge in [-0.2, -0.15) is 5.10 Å². The summed E-state index contributed by atoms with van der Waals surface area (Å²) >= 11 is 0. The van der Waals surface area contributed by atoms with E-state index in [9.17, 15) is 4.39 Å². The van der Waals surface area contributed by atoms with Gasteiger partial charge >= 0.3 is 0 Å². The van der Waals surface area contributed by atoms with Gasteiger partial charge in [-0.25, -0.2) is 14.1 Å². The third kappa shape index (κ3) is 7.06. The van der Waals surface area contributed by atoms with Gasteiger partial charge in [-0.05, 0) is 55.3 Å². The van der Waals surface area contributed by atoms with Crippen molar-refractivity contribution < 1.29 is 13.5 Å². The standard InChI is InChI=1S/C22H26FN5O2.HI/c23-17-5-7-19(8-6-17)28-12-10-18(27-28)15-25-22(26-16-21-4-2-14-30-21)24-11-9-20-3-1-13-29-20;/h1,3,5-8,10,12-13,21H,2,4,9,11,14-16H2,(H2,24,25,26);1H. The Bertz CT molecular complexity index is 937. The Labute approximate surface area is 198 Å². The van der Waals surface area contributed by atoms with Crippen molar-refractivity contribution in [3.63, 3.8) is 0 Å². The molecule has 3 heterocycles. The quantitative estimate of drug-likeness (QED) is 0.260. The van der Waals surface area contributed by atoms with Gasteiger partial charge in [0.2, 0.25) is 0 Å². The van der Waals surface area contributed by atoms with E-state index in [1.807, 2.05) is 24.4 Å². The lowest BCUT2D eigenvalue weighted by Gasteiger charge is -2.15. The van der Waals surface area contributed by atoms with Gasteiger partial charge in [0.15, 0.2) is 5.96 Å². The molecule has 31 heavy (non-hydrogen) atoms. The highest BCUT2D eigenvalue weighted by Crippen LogP contribution is 2.11. The summed E-state index contributed by atoms with van der Waals surface area (Å²) in [6.45, 7) is 2.67. The van der Waals surface area contributed by atoms with Crippen LogP contribution in [-0.2, 0) is 17.7 Å². The van der Waals surface area contributed by atoms with E-state index in [4.69, 9.17) is 9.15 Å². The van der Waals surface area contributed by atoms with Crippen molar-refractivity contribution in [1.29, 1.82) is 0 Å². The van der Waals surface area contributed by atoms with E-state index in [0.29, 0.717) is 19.0 Å². The molecule has 0 radical (unpaired) electrons. The normalized spacial score (nSPS) is 16.2. The third-order valence-corrected chi connectivity index (χ3v) is 4.90. The van der Waals surface area contributed by atoms with Crippen LogP contribution in [0.15, 0.2) is 64.3 Å². The molecular weight excluding hydrogens is 512 g/mol. The Balaban J connectivity index is 0.00000272. The zero-order valence-corrected chi connectivity index (χ0v) is 19.5. The van der Waals surface area contributed by atoms with Gasteiger partial charge < -0.3 is 19.8 Å². The molecular formula is C22H27FIN5O2. The number of ether oxygens (including phenoxy) is 1. The molecule has 1 fully saturated rings. The molecule has 2 N–H and O–H groups in total. The van der Waals surface area contributed by atoms with Crippen molar-refractivity contribution in [2.45, 2.75) is 31.9 Å². The third-order valence-electron chi connectivity index (χ3n) is 4.90. The van der Waals surface area contributed by atoms with Gasteiger partial charge in [-0.3, -0.25) is 0 Å². The Morgan fingerprint density at radius 1 is 1.19 bits per heavy atom. The van der Waals surface area contributed by atoms with Gasteiger partial charge in [0.05, 0.1) is 30.3 Å². The van der Waals surface area contributed by atoms with Gasteiger partial charge in [0.1, 0.15) is 11.6 Å². The number of furan rings is 1. The summed E-state index contributed by atoms with van der Waals surface area (Å²) in [6.07, 6.45) is 6.69. The van der Waals surface area contributed by atoms with Crippen LogP contribution in [0.25, 0.3) is 5.69 Å². The highest BCUT2D eigenvalue weighted by Gasteiger charge is 2.15. The summed E-state index contributed by atoms with van der Waals surface area (Å²) in [5.74, 6) is 1.38. The van der Waals surface area contributed by atoms with Crippen LogP contribution < -0.4 is 10.6 Å². The molecule has 1 aromatic carbocycles. The second-order valence-corrected chi connectivity index (χ2v) is 7.16. The number of halogens is 2. The number of rotatable bonds is 8. The minimum Gasteiger partial charge on any atom is -0.469 e. The van der Waals surface area contributed by atoms with Crippen molar-refractivity contribution in [3.8, 4) is 5.69 Å². The fourth-order valence-electron chi connectivity index (χ4n) is 3.29. The summed E-state index contributed by atoms with van der Waals surface area (Å²) < 4.78 is 25.9. The molecule has 1 unspecified atom stereocenters. The molecule has 1 atom stereocenters. The molecule has 3 aromatic rings. The van der Waals surface area contributed by atoms with Crippen molar-refractivity contribution in [2.75, 3.05) is 19.7 Å². The fraction of sp³-hybridized carbons (Fsp3) is 0.364.